The van der Waals surface area contributed by atoms with Gasteiger partial charge in [-0.1, -0.05) is 12.8 Å². The molecular formula is C15H22N2O3S2. The molecule has 22 heavy (non-hydrogen) atoms. The van der Waals surface area contributed by atoms with Gasteiger partial charge in [-0.3, -0.25) is 4.79 Å². The van der Waals surface area contributed by atoms with Crippen LogP contribution in [-0.4, -0.2) is 44.1 Å². The van der Waals surface area contributed by atoms with Gasteiger partial charge in [0.05, 0.1) is 11.8 Å². The SMILES string of the molecule is CS(=O)(=O)NC1(CC2CC2)CCN(C(=O)c2ccsc2)CC1. The van der Waals surface area contributed by atoms with Gasteiger partial charge in [-0.05, 0) is 36.6 Å². The molecule has 122 valence electrons. The van der Waals surface area contributed by atoms with Crippen molar-refractivity contribution in [3.05, 3.63) is 22.4 Å². The Bertz CT molecular complexity index is 628. The Morgan fingerprint density at radius 2 is 2.09 bits per heavy atom. The Hall–Kier alpha value is -0.920. The van der Waals surface area contributed by atoms with Crippen molar-refractivity contribution in [2.45, 2.75) is 37.6 Å². The van der Waals surface area contributed by atoms with Crippen LogP contribution in [0.2, 0.25) is 0 Å². The Balaban J connectivity index is 1.67. The van der Waals surface area contributed by atoms with Crippen LogP contribution in [0.5, 0.6) is 0 Å². The molecule has 1 aromatic rings. The molecule has 5 nitrogen and oxygen atoms in total. The fourth-order valence-corrected chi connectivity index (χ4v) is 5.03. The second-order valence-corrected chi connectivity index (χ2v) is 9.13. The highest BCUT2D eigenvalue weighted by Gasteiger charge is 2.42. The Morgan fingerprint density at radius 3 is 2.59 bits per heavy atom. The molecule has 1 aliphatic heterocycles. The van der Waals surface area contributed by atoms with E-state index in [1.54, 1.807) is 0 Å². The standard InChI is InChI=1S/C15H22N2O3S2/c1-22(19,20)16-15(10-12-2-3-12)5-7-17(8-6-15)14(18)13-4-9-21-11-13/h4,9,11-12,16H,2-3,5-8,10H2,1H3. The summed E-state index contributed by atoms with van der Waals surface area (Å²) in [4.78, 5) is 14.2. The maximum absolute atomic E-state index is 12.4. The lowest BCUT2D eigenvalue weighted by atomic mass is 9.83. The number of nitrogens with zero attached hydrogens (tertiary/aromatic N) is 1. The fraction of sp³-hybridized carbons (Fsp3) is 0.667. The molecule has 1 aromatic heterocycles. The topological polar surface area (TPSA) is 66.5 Å². The molecule has 0 bridgehead atoms. The number of amides is 1. The summed E-state index contributed by atoms with van der Waals surface area (Å²) in [5.74, 6) is 0.703. The van der Waals surface area contributed by atoms with E-state index in [9.17, 15) is 13.2 Å². The van der Waals surface area contributed by atoms with Crippen molar-refractivity contribution in [1.82, 2.24) is 9.62 Å². The zero-order valence-electron chi connectivity index (χ0n) is 12.7. The van der Waals surface area contributed by atoms with E-state index in [1.807, 2.05) is 21.7 Å². The van der Waals surface area contributed by atoms with Crippen LogP contribution in [0.15, 0.2) is 16.8 Å². The highest BCUT2D eigenvalue weighted by molar-refractivity contribution is 7.88. The van der Waals surface area contributed by atoms with Crippen molar-refractivity contribution in [1.29, 1.82) is 0 Å². The molecule has 1 N–H and O–H groups in total. The normalized spacial score (nSPS) is 21.8. The van der Waals surface area contributed by atoms with E-state index in [2.05, 4.69) is 4.72 Å². The maximum Gasteiger partial charge on any atom is 0.254 e. The van der Waals surface area contributed by atoms with Crippen LogP contribution in [-0.2, 0) is 10.0 Å². The van der Waals surface area contributed by atoms with E-state index in [1.165, 1.54) is 30.4 Å². The first-order valence-corrected chi connectivity index (χ1v) is 10.5. The minimum absolute atomic E-state index is 0.0561. The summed E-state index contributed by atoms with van der Waals surface area (Å²) >= 11 is 1.52. The molecule has 3 rings (SSSR count). The molecule has 2 fully saturated rings. The smallest absolute Gasteiger partial charge is 0.254 e. The Morgan fingerprint density at radius 1 is 1.41 bits per heavy atom. The summed E-state index contributed by atoms with van der Waals surface area (Å²) in [6.07, 6.45) is 5.93. The van der Waals surface area contributed by atoms with Crippen LogP contribution < -0.4 is 4.72 Å². The number of sulfonamides is 1. The van der Waals surface area contributed by atoms with E-state index in [4.69, 9.17) is 0 Å². The molecule has 1 aliphatic carbocycles. The highest BCUT2D eigenvalue weighted by atomic mass is 32.2. The average Bonchev–Trinajstić information content (AvgIpc) is 3.06. The highest BCUT2D eigenvalue weighted by Crippen LogP contribution is 2.41. The lowest BCUT2D eigenvalue weighted by Crippen LogP contribution is -2.56. The van der Waals surface area contributed by atoms with Gasteiger partial charge in [0.1, 0.15) is 0 Å². The summed E-state index contributed by atoms with van der Waals surface area (Å²) < 4.78 is 26.3. The number of thiophene rings is 1. The van der Waals surface area contributed by atoms with E-state index >= 15 is 0 Å². The molecule has 1 saturated carbocycles. The number of nitrogens with one attached hydrogen (secondary N) is 1. The first-order valence-electron chi connectivity index (χ1n) is 7.67. The van der Waals surface area contributed by atoms with Gasteiger partial charge >= 0.3 is 0 Å². The van der Waals surface area contributed by atoms with Crippen molar-refractivity contribution in [2.24, 2.45) is 5.92 Å². The molecule has 2 aliphatic rings. The van der Waals surface area contributed by atoms with Gasteiger partial charge in [0.15, 0.2) is 0 Å². The molecule has 0 atom stereocenters. The third-order valence-corrected chi connectivity index (χ3v) is 6.04. The van der Waals surface area contributed by atoms with Crippen LogP contribution in [0, 0.1) is 5.92 Å². The number of carbonyl (C=O) groups is 1. The predicted octanol–water partition coefficient (Wildman–Crippen LogP) is 2.07. The predicted molar refractivity (Wildman–Crippen MR) is 87.5 cm³/mol. The van der Waals surface area contributed by atoms with Gasteiger partial charge in [0.2, 0.25) is 10.0 Å². The Labute approximate surface area is 135 Å². The number of hydrogen-bond donors (Lipinski definition) is 1. The second-order valence-electron chi connectivity index (χ2n) is 6.61. The van der Waals surface area contributed by atoms with Gasteiger partial charge in [0.25, 0.3) is 5.91 Å². The largest absolute Gasteiger partial charge is 0.338 e. The first-order chi connectivity index (χ1) is 10.4. The summed E-state index contributed by atoms with van der Waals surface area (Å²) in [5, 5.41) is 3.77. The van der Waals surface area contributed by atoms with Crippen LogP contribution in [0.4, 0.5) is 0 Å². The van der Waals surface area contributed by atoms with Crippen LogP contribution >= 0.6 is 11.3 Å². The maximum atomic E-state index is 12.4. The minimum Gasteiger partial charge on any atom is -0.338 e. The zero-order valence-corrected chi connectivity index (χ0v) is 14.4. The fourth-order valence-electron chi connectivity index (χ4n) is 3.32. The molecule has 0 spiro atoms. The van der Waals surface area contributed by atoms with Gasteiger partial charge in [-0.2, -0.15) is 11.3 Å². The van der Waals surface area contributed by atoms with Crippen molar-refractivity contribution in [3.63, 3.8) is 0 Å². The number of likely N-dealkylation sites (tertiary alicyclic amines) is 1. The molecule has 0 aromatic carbocycles. The van der Waals surface area contributed by atoms with Crippen molar-refractivity contribution < 1.29 is 13.2 Å². The van der Waals surface area contributed by atoms with Crippen LogP contribution in [0.1, 0.15) is 42.5 Å². The minimum atomic E-state index is -3.23. The van der Waals surface area contributed by atoms with Gasteiger partial charge < -0.3 is 4.90 Å². The molecule has 7 heteroatoms. The van der Waals surface area contributed by atoms with E-state index < -0.39 is 10.0 Å². The first kappa shape index (κ1) is 16.0. The lowest BCUT2D eigenvalue weighted by molar-refractivity contribution is 0.0649. The van der Waals surface area contributed by atoms with E-state index in [0.29, 0.717) is 31.8 Å². The van der Waals surface area contributed by atoms with Crippen LogP contribution in [0.3, 0.4) is 0 Å². The van der Waals surface area contributed by atoms with E-state index in [-0.39, 0.29) is 11.4 Å². The molecule has 0 radical (unpaired) electrons. The van der Waals surface area contributed by atoms with Crippen molar-refractivity contribution in [2.75, 3.05) is 19.3 Å². The summed E-state index contributed by atoms with van der Waals surface area (Å²) in [6, 6.07) is 1.84. The summed E-state index contributed by atoms with van der Waals surface area (Å²) in [7, 11) is -3.23. The number of hydrogen-bond acceptors (Lipinski definition) is 4. The molecule has 1 amide bonds. The van der Waals surface area contributed by atoms with Gasteiger partial charge in [0, 0.05) is 24.0 Å². The third kappa shape index (κ3) is 3.88. The summed E-state index contributed by atoms with van der Waals surface area (Å²) in [5.41, 5.74) is 0.371. The number of rotatable bonds is 5. The van der Waals surface area contributed by atoms with E-state index in [0.717, 1.165) is 12.0 Å². The number of carbonyl (C=O) groups excluding carboxylic acids is 1. The van der Waals surface area contributed by atoms with Crippen LogP contribution in [0.25, 0.3) is 0 Å². The van der Waals surface area contributed by atoms with Gasteiger partial charge in [-0.25, -0.2) is 13.1 Å². The van der Waals surface area contributed by atoms with Crippen molar-refractivity contribution >= 4 is 27.3 Å². The molecule has 0 unspecified atom stereocenters. The summed E-state index contributed by atoms with van der Waals surface area (Å²) in [6.45, 7) is 1.23. The number of piperidine rings is 1. The molecule has 2 heterocycles. The average molecular weight is 342 g/mol. The molecular weight excluding hydrogens is 320 g/mol. The quantitative estimate of drug-likeness (QED) is 0.891. The molecule has 1 saturated heterocycles. The third-order valence-electron chi connectivity index (χ3n) is 4.55. The van der Waals surface area contributed by atoms with Crippen molar-refractivity contribution in [3.8, 4) is 0 Å². The lowest BCUT2D eigenvalue weighted by Gasteiger charge is -2.42. The zero-order chi connectivity index (χ0) is 15.8. The monoisotopic (exact) mass is 342 g/mol. The van der Waals surface area contributed by atoms with Gasteiger partial charge in [-0.15, -0.1) is 0 Å². The Kier molecular flexibility index (Phi) is 4.31. The second kappa shape index (κ2) is 5.94.